The molecule has 0 aromatic heterocycles. The zero-order valence-electron chi connectivity index (χ0n) is 12.6. The first-order valence-electron chi connectivity index (χ1n) is 7.45. The fourth-order valence-corrected chi connectivity index (χ4v) is 2.41. The van der Waals surface area contributed by atoms with E-state index >= 15 is 0 Å². The lowest BCUT2D eigenvalue weighted by Gasteiger charge is -2.23. The largest absolute Gasteiger partial charge is 0.352 e. The topological polar surface area (TPSA) is 61.4 Å². The van der Waals surface area contributed by atoms with E-state index in [1.54, 1.807) is 0 Å². The van der Waals surface area contributed by atoms with Gasteiger partial charge in [-0.15, -0.1) is 12.4 Å². The summed E-state index contributed by atoms with van der Waals surface area (Å²) in [7, 11) is 0. The highest BCUT2D eigenvalue weighted by Crippen LogP contribution is 2.04. The van der Waals surface area contributed by atoms with Gasteiger partial charge in [0.05, 0.1) is 0 Å². The first kappa shape index (κ1) is 19.2. The van der Waals surface area contributed by atoms with Gasteiger partial charge in [0, 0.05) is 38.5 Å². The molecule has 5 nitrogen and oxygen atoms in total. The average Bonchev–Trinajstić information content (AvgIpc) is 2.41. The Morgan fingerprint density at radius 1 is 1.25 bits per heavy atom. The number of nitrogens with one attached hydrogen (secondary N) is 2. The van der Waals surface area contributed by atoms with E-state index in [9.17, 15) is 9.59 Å². The summed E-state index contributed by atoms with van der Waals surface area (Å²) in [5, 5.41) is 6.29. The number of piperidine rings is 1. The molecule has 1 atom stereocenters. The number of carbonyl (C=O) groups is 2. The molecule has 0 aliphatic carbocycles. The predicted molar refractivity (Wildman–Crippen MR) is 83.1 cm³/mol. The summed E-state index contributed by atoms with van der Waals surface area (Å²) in [6, 6.07) is 0.264. The quantitative estimate of drug-likeness (QED) is 0.745. The number of hydrogen-bond donors (Lipinski definition) is 2. The number of nitrogens with zero attached hydrogens (tertiary/aromatic N) is 1. The van der Waals surface area contributed by atoms with E-state index in [0.29, 0.717) is 19.3 Å². The summed E-state index contributed by atoms with van der Waals surface area (Å²) in [6.45, 7) is 7.35. The molecular weight excluding hydrogens is 278 g/mol. The predicted octanol–water partition coefficient (Wildman–Crippen LogP) is 1.32. The van der Waals surface area contributed by atoms with Crippen LogP contribution in [0, 0.1) is 0 Å². The molecule has 0 aromatic carbocycles. The maximum Gasteiger partial charge on any atom is 0.222 e. The average molecular weight is 306 g/mol. The van der Waals surface area contributed by atoms with E-state index in [4.69, 9.17) is 0 Å². The molecule has 1 rings (SSSR count). The monoisotopic (exact) mass is 305 g/mol. The zero-order chi connectivity index (χ0) is 14.1. The molecule has 1 unspecified atom stereocenters. The van der Waals surface area contributed by atoms with Crippen LogP contribution < -0.4 is 10.6 Å². The van der Waals surface area contributed by atoms with Gasteiger partial charge in [-0.25, -0.2) is 0 Å². The third-order valence-corrected chi connectivity index (χ3v) is 3.57. The highest BCUT2D eigenvalue weighted by molar-refractivity contribution is 5.85. The van der Waals surface area contributed by atoms with Crippen molar-refractivity contribution in [3.05, 3.63) is 0 Å². The van der Waals surface area contributed by atoms with Crippen LogP contribution in [0.3, 0.4) is 0 Å². The standard InChI is InChI=1S/C14H27N3O2.ClH/c1-3-17(4-2)14(19)9-5-8-13(18)16-12-7-6-10-15-11-12;/h12,15H,3-11H2,1-2H3,(H,16,18);1H. The van der Waals surface area contributed by atoms with Gasteiger partial charge in [-0.05, 0) is 39.7 Å². The van der Waals surface area contributed by atoms with Crippen molar-refractivity contribution in [3.63, 3.8) is 0 Å². The first-order valence-corrected chi connectivity index (χ1v) is 7.45. The van der Waals surface area contributed by atoms with Gasteiger partial charge in [0.2, 0.25) is 11.8 Å². The lowest BCUT2D eigenvalue weighted by molar-refractivity contribution is -0.131. The van der Waals surface area contributed by atoms with Crippen molar-refractivity contribution in [2.75, 3.05) is 26.2 Å². The molecule has 20 heavy (non-hydrogen) atoms. The molecule has 1 aliphatic heterocycles. The molecule has 0 aromatic rings. The Morgan fingerprint density at radius 3 is 2.50 bits per heavy atom. The highest BCUT2D eigenvalue weighted by atomic mass is 35.5. The zero-order valence-corrected chi connectivity index (χ0v) is 13.4. The lowest BCUT2D eigenvalue weighted by atomic mass is 10.1. The second-order valence-electron chi connectivity index (χ2n) is 5.03. The van der Waals surface area contributed by atoms with Crippen molar-refractivity contribution < 1.29 is 9.59 Å². The molecule has 1 heterocycles. The summed E-state index contributed by atoms with van der Waals surface area (Å²) in [4.78, 5) is 25.3. The fraction of sp³-hybridized carbons (Fsp3) is 0.857. The number of rotatable bonds is 7. The van der Waals surface area contributed by atoms with Crippen molar-refractivity contribution in [3.8, 4) is 0 Å². The van der Waals surface area contributed by atoms with E-state index in [1.807, 2.05) is 18.7 Å². The van der Waals surface area contributed by atoms with E-state index < -0.39 is 0 Å². The van der Waals surface area contributed by atoms with E-state index in [-0.39, 0.29) is 30.3 Å². The van der Waals surface area contributed by atoms with Crippen molar-refractivity contribution in [1.82, 2.24) is 15.5 Å². The summed E-state index contributed by atoms with van der Waals surface area (Å²) in [5.74, 6) is 0.221. The van der Waals surface area contributed by atoms with E-state index in [1.165, 1.54) is 0 Å². The minimum atomic E-state index is 0. The minimum absolute atomic E-state index is 0. The molecule has 118 valence electrons. The van der Waals surface area contributed by atoms with E-state index in [2.05, 4.69) is 10.6 Å². The molecule has 2 amide bonds. The molecular formula is C14H28ClN3O2. The molecule has 1 saturated heterocycles. The molecule has 2 N–H and O–H groups in total. The van der Waals surface area contributed by atoms with Gasteiger partial charge in [-0.2, -0.15) is 0 Å². The maximum absolute atomic E-state index is 11.8. The van der Waals surface area contributed by atoms with Crippen LogP contribution in [0.2, 0.25) is 0 Å². The third kappa shape index (κ3) is 7.10. The van der Waals surface area contributed by atoms with Crippen molar-refractivity contribution in [1.29, 1.82) is 0 Å². The molecule has 6 heteroatoms. The minimum Gasteiger partial charge on any atom is -0.352 e. The van der Waals surface area contributed by atoms with E-state index in [0.717, 1.165) is 39.0 Å². The van der Waals surface area contributed by atoms with Gasteiger partial charge in [0.25, 0.3) is 0 Å². The lowest BCUT2D eigenvalue weighted by Crippen LogP contribution is -2.45. The molecule has 0 radical (unpaired) electrons. The Balaban J connectivity index is 0.00000361. The maximum atomic E-state index is 11.8. The molecule has 0 bridgehead atoms. The van der Waals surface area contributed by atoms with Gasteiger partial charge < -0.3 is 15.5 Å². The first-order chi connectivity index (χ1) is 9.17. The third-order valence-electron chi connectivity index (χ3n) is 3.57. The Labute approximate surface area is 128 Å². The summed E-state index contributed by atoms with van der Waals surface area (Å²) in [5.41, 5.74) is 0. The summed E-state index contributed by atoms with van der Waals surface area (Å²) >= 11 is 0. The Bertz CT molecular complexity index is 290. The highest BCUT2D eigenvalue weighted by Gasteiger charge is 2.15. The van der Waals surface area contributed by atoms with Crippen LogP contribution in [0.15, 0.2) is 0 Å². The number of amides is 2. The molecule has 0 spiro atoms. The van der Waals surface area contributed by atoms with Gasteiger partial charge in [-0.3, -0.25) is 9.59 Å². The van der Waals surface area contributed by atoms with Crippen molar-refractivity contribution in [2.45, 2.75) is 52.0 Å². The smallest absolute Gasteiger partial charge is 0.222 e. The Hall–Kier alpha value is -0.810. The normalized spacial score (nSPS) is 18.0. The molecule has 1 aliphatic rings. The second-order valence-corrected chi connectivity index (χ2v) is 5.03. The van der Waals surface area contributed by atoms with Gasteiger partial charge in [-0.1, -0.05) is 0 Å². The van der Waals surface area contributed by atoms with Crippen LogP contribution in [0.1, 0.15) is 46.0 Å². The van der Waals surface area contributed by atoms with Gasteiger partial charge in [0.15, 0.2) is 0 Å². The van der Waals surface area contributed by atoms with Crippen LogP contribution in [0.4, 0.5) is 0 Å². The van der Waals surface area contributed by atoms with Crippen LogP contribution in [0.5, 0.6) is 0 Å². The van der Waals surface area contributed by atoms with Crippen molar-refractivity contribution >= 4 is 24.2 Å². The van der Waals surface area contributed by atoms with Crippen LogP contribution in [-0.4, -0.2) is 48.9 Å². The van der Waals surface area contributed by atoms with Crippen molar-refractivity contribution in [2.24, 2.45) is 0 Å². The van der Waals surface area contributed by atoms with Crippen LogP contribution in [-0.2, 0) is 9.59 Å². The number of hydrogen-bond acceptors (Lipinski definition) is 3. The van der Waals surface area contributed by atoms with Crippen LogP contribution >= 0.6 is 12.4 Å². The Morgan fingerprint density at radius 2 is 1.95 bits per heavy atom. The number of carbonyl (C=O) groups excluding carboxylic acids is 2. The van der Waals surface area contributed by atoms with Gasteiger partial charge in [0.1, 0.15) is 0 Å². The Kier molecular flexibility index (Phi) is 10.5. The summed E-state index contributed by atoms with van der Waals surface area (Å²) < 4.78 is 0. The van der Waals surface area contributed by atoms with Crippen LogP contribution in [0.25, 0.3) is 0 Å². The number of halogens is 1. The molecule has 1 fully saturated rings. The SMILES string of the molecule is CCN(CC)C(=O)CCCC(=O)NC1CCCNC1.Cl. The van der Waals surface area contributed by atoms with Gasteiger partial charge >= 0.3 is 0 Å². The fourth-order valence-electron chi connectivity index (χ4n) is 2.41. The summed E-state index contributed by atoms with van der Waals surface area (Å²) in [6.07, 6.45) is 3.73. The molecule has 0 saturated carbocycles. The second kappa shape index (κ2) is 10.9.